The number of hydrogen-bond acceptors (Lipinski definition) is 9. The SMILES string of the molecule is COc1cc(-c2noc(COC(=O)c3csc(-c4ccccc4)n3)n2)ccc1OC(F)F. The maximum atomic E-state index is 12.5. The van der Waals surface area contributed by atoms with Gasteiger partial charge in [0.05, 0.1) is 7.11 Å². The molecule has 0 aliphatic heterocycles. The minimum Gasteiger partial charge on any atom is -0.493 e. The minimum absolute atomic E-state index is 0.0544. The van der Waals surface area contributed by atoms with E-state index in [0.717, 1.165) is 5.56 Å². The van der Waals surface area contributed by atoms with Crippen molar-refractivity contribution in [1.82, 2.24) is 15.1 Å². The van der Waals surface area contributed by atoms with Gasteiger partial charge in [-0.3, -0.25) is 0 Å². The van der Waals surface area contributed by atoms with E-state index in [0.29, 0.717) is 10.6 Å². The maximum Gasteiger partial charge on any atom is 0.387 e. The quantitative estimate of drug-likeness (QED) is 0.346. The van der Waals surface area contributed by atoms with Crippen LogP contribution in [0.25, 0.3) is 22.0 Å². The van der Waals surface area contributed by atoms with Crippen LogP contribution in [0.4, 0.5) is 8.78 Å². The lowest BCUT2D eigenvalue weighted by molar-refractivity contribution is -0.0512. The molecule has 0 radical (unpaired) electrons. The Labute approximate surface area is 184 Å². The summed E-state index contributed by atoms with van der Waals surface area (Å²) in [7, 11) is 1.32. The zero-order chi connectivity index (χ0) is 22.5. The summed E-state index contributed by atoms with van der Waals surface area (Å²) in [5.74, 6) is -0.449. The first kappa shape index (κ1) is 21.4. The molecule has 0 saturated heterocycles. The highest BCUT2D eigenvalue weighted by molar-refractivity contribution is 7.13. The van der Waals surface area contributed by atoms with Gasteiger partial charge in [-0.05, 0) is 18.2 Å². The standard InChI is InChI=1S/C21H15F2N3O5S/c1-28-16-9-13(7-8-15(16)30-21(22)23)18-25-17(31-26-18)10-29-20(27)14-11-32-19(24-14)12-5-3-2-4-6-12/h2-9,11,21H,10H2,1H3. The maximum absolute atomic E-state index is 12.5. The van der Waals surface area contributed by atoms with Crippen molar-refractivity contribution in [2.75, 3.05) is 7.11 Å². The number of benzene rings is 2. The predicted molar refractivity (Wildman–Crippen MR) is 110 cm³/mol. The number of alkyl halides is 2. The fourth-order valence-corrected chi connectivity index (χ4v) is 3.51. The van der Waals surface area contributed by atoms with Gasteiger partial charge in [0.15, 0.2) is 23.8 Å². The van der Waals surface area contributed by atoms with Crippen molar-refractivity contribution in [3.8, 4) is 33.5 Å². The van der Waals surface area contributed by atoms with E-state index in [1.165, 1.54) is 36.6 Å². The molecule has 0 unspecified atom stereocenters. The number of rotatable bonds is 8. The molecule has 2 heterocycles. The number of carbonyl (C=O) groups excluding carboxylic acids is 1. The molecule has 32 heavy (non-hydrogen) atoms. The van der Waals surface area contributed by atoms with Gasteiger partial charge >= 0.3 is 12.6 Å². The van der Waals surface area contributed by atoms with Crippen molar-refractivity contribution in [2.45, 2.75) is 13.2 Å². The van der Waals surface area contributed by atoms with Gasteiger partial charge in [-0.2, -0.15) is 13.8 Å². The summed E-state index contributed by atoms with van der Waals surface area (Å²) >= 11 is 1.33. The van der Waals surface area contributed by atoms with Gasteiger partial charge in [-0.1, -0.05) is 35.5 Å². The van der Waals surface area contributed by atoms with Gasteiger partial charge in [0.25, 0.3) is 5.89 Å². The van der Waals surface area contributed by atoms with Crippen LogP contribution in [-0.4, -0.2) is 34.8 Å². The lowest BCUT2D eigenvalue weighted by Crippen LogP contribution is -2.06. The summed E-state index contributed by atoms with van der Waals surface area (Å²) in [6.45, 7) is -3.24. The predicted octanol–water partition coefficient (Wildman–Crippen LogP) is 4.83. The Bertz CT molecular complexity index is 1210. The van der Waals surface area contributed by atoms with Gasteiger partial charge in [0.1, 0.15) is 5.01 Å². The molecule has 4 rings (SSSR count). The van der Waals surface area contributed by atoms with Crippen molar-refractivity contribution in [3.05, 3.63) is 65.5 Å². The van der Waals surface area contributed by atoms with Crippen molar-refractivity contribution in [3.63, 3.8) is 0 Å². The number of hydrogen-bond donors (Lipinski definition) is 0. The molecule has 2 aromatic carbocycles. The number of esters is 1. The Morgan fingerprint density at radius 2 is 1.91 bits per heavy atom. The van der Waals surface area contributed by atoms with Crippen molar-refractivity contribution in [1.29, 1.82) is 0 Å². The Hall–Kier alpha value is -3.86. The molecular formula is C21H15F2N3O5S. The normalized spacial score (nSPS) is 10.9. The van der Waals surface area contributed by atoms with Crippen molar-refractivity contribution >= 4 is 17.3 Å². The van der Waals surface area contributed by atoms with E-state index in [4.69, 9.17) is 14.0 Å². The third-order valence-electron chi connectivity index (χ3n) is 4.17. The lowest BCUT2D eigenvalue weighted by atomic mass is 10.2. The van der Waals surface area contributed by atoms with Gasteiger partial charge in [0.2, 0.25) is 5.82 Å². The molecule has 4 aromatic rings. The molecule has 0 spiro atoms. The number of thiazole rings is 1. The summed E-state index contributed by atoms with van der Waals surface area (Å²) in [4.78, 5) is 20.7. The Morgan fingerprint density at radius 1 is 1.09 bits per heavy atom. The second kappa shape index (κ2) is 9.52. The van der Waals surface area contributed by atoms with Crippen LogP contribution < -0.4 is 9.47 Å². The van der Waals surface area contributed by atoms with E-state index < -0.39 is 12.6 Å². The molecule has 0 saturated carbocycles. The number of halogens is 2. The fraction of sp³-hybridized carbons (Fsp3) is 0.143. The molecule has 0 aliphatic carbocycles. The van der Waals surface area contributed by atoms with Gasteiger partial charge in [-0.15, -0.1) is 11.3 Å². The molecular weight excluding hydrogens is 444 g/mol. The van der Waals surface area contributed by atoms with E-state index in [1.54, 1.807) is 5.38 Å². The van der Waals surface area contributed by atoms with E-state index >= 15 is 0 Å². The Morgan fingerprint density at radius 3 is 2.66 bits per heavy atom. The van der Waals surface area contributed by atoms with Crippen LogP contribution in [0.5, 0.6) is 11.5 Å². The summed E-state index contributed by atoms with van der Waals surface area (Å²) < 4.78 is 44.7. The monoisotopic (exact) mass is 459 g/mol. The van der Waals surface area contributed by atoms with Crippen LogP contribution in [0.2, 0.25) is 0 Å². The number of carbonyl (C=O) groups is 1. The number of aromatic nitrogens is 3. The molecule has 164 valence electrons. The van der Waals surface area contributed by atoms with Crippen LogP contribution in [0.3, 0.4) is 0 Å². The first-order chi connectivity index (χ1) is 15.5. The number of methoxy groups -OCH3 is 1. The van der Waals surface area contributed by atoms with Crippen molar-refractivity contribution in [2.24, 2.45) is 0 Å². The largest absolute Gasteiger partial charge is 0.493 e. The molecule has 8 nitrogen and oxygen atoms in total. The topological polar surface area (TPSA) is 96.6 Å². The average molecular weight is 459 g/mol. The third-order valence-corrected chi connectivity index (χ3v) is 5.06. The fourth-order valence-electron chi connectivity index (χ4n) is 2.71. The van der Waals surface area contributed by atoms with Gasteiger partial charge in [-0.25, -0.2) is 9.78 Å². The summed E-state index contributed by atoms with van der Waals surface area (Å²) in [6.07, 6.45) is 0. The van der Waals surface area contributed by atoms with Crippen LogP contribution in [0.15, 0.2) is 58.4 Å². The van der Waals surface area contributed by atoms with E-state index in [2.05, 4.69) is 19.9 Å². The highest BCUT2D eigenvalue weighted by Gasteiger charge is 2.17. The second-order valence-electron chi connectivity index (χ2n) is 6.24. The number of ether oxygens (including phenoxy) is 3. The van der Waals surface area contributed by atoms with Crippen LogP contribution in [0, 0.1) is 0 Å². The average Bonchev–Trinajstić information content (AvgIpc) is 3.48. The third kappa shape index (κ3) is 4.89. The van der Waals surface area contributed by atoms with Crippen LogP contribution in [0.1, 0.15) is 16.4 Å². The molecule has 0 bridgehead atoms. The van der Waals surface area contributed by atoms with Gasteiger partial charge in [0, 0.05) is 16.5 Å². The highest BCUT2D eigenvalue weighted by Crippen LogP contribution is 2.32. The molecule has 2 aromatic heterocycles. The van der Waals surface area contributed by atoms with Crippen molar-refractivity contribution < 1.29 is 32.3 Å². The Kier molecular flexibility index (Phi) is 6.36. The highest BCUT2D eigenvalue weighted by atomic mass is 32.1. The second-order valence-corrected chi connectivity index (χ2v) is 7.09. The zero-order valence-corrected chi connectivity index (χ0v) is 17.3. The molecule has 0 aliphatic rings. The van der Waals surface area contributed by atoms with Crippen LogP contribution >= 0.6 is 11.3 Å². The van der Waals surface area contributed by atoms with Gasteiger partial charge < -0.3 is 18.7 Å². The molecule has 0 N–H and O–H groups in total. The Balaban J connectivity index is 1.41. The summed E-state index contributed by atoms with van der Waals surface area (Å²) in [5.41, 5.74) is 1.52. The number of nitrogens with zero attached hydrogens (tertiary/aromatic N) is 3. The molecule has 0 amide bonds. The summed E-state index contributed by atoms with van der Waals surface area (Å²) in [6, 6.07) is 13.7. The molecule has 0 fully saturated rings. The van der Waals surface area contributed by atoms with E-state index in [9.17, 15) is 13.6 Å². The summed E-state index contributed by atoms with van der Waals surface area (Å²) in [5, 5.41) is 6.12. The minimum atomic E-state index is -2.98. The van der Waals surface area contributed by atoms with E-state index in [-0.39, 0.29) is 35.5 Å². The van der Waals surface area contributed by atoms with Crippen LogP contribution in [-0.2, 0) is 11.3 Å². The first-order valence-corrected chi connectivity index (χ1v) is 10.1. The first-order valence-electron chi connectivity index (χ1n) is 9.17. The molecule has 11 heteroatoms. The zero-order valence-electron chi connectivity index (χ0n) is 16.5. The molecule has 0 atom stereocenters. The lowest BCUT2D eigenvalue weighted by Gasteiger charge is -2.10. The van der Waals surface area contributed by atoms with E-state index in [1.807, 2.05) is 30.3 Å². The smallest absolute Gasteiger partial charge is 0.387 e.